The number of halogens is 2. The van der Waals surface area contributed by atoms with Crippen LogP contribution in [0.15, 0.2) is 41.3 Å². The van der Waals surface area contributed by atoms with Crippen molar-refractivity contribution in [2.24, 2.45) is 0 Å². The number of benzene rings is 2. The van der Waals surface area contributed by atoms with Crippen LogP contribution < -0.4 is 0 Å². The third-order valence-electron chi connectivity index (χ3n) is 5.28. The van der Waals surface area contributed by atoms with Gasteiger partial charge in [-0.15, -0.1) is 5.10 Å². The number of ether oxygens (including phenoxy) is 1. The Bertz CT molecular complexity index is 1050. The molecule has 1 amide bonds. The molecule has 32 heavy (non-hydrogen) atoms. The first-order valence-electron chi connectivity index (χ1n) is 10.3. The van der Waals surface area contributed by atoms with Gasteiger partial charge in [-0.1, -0.05) is 28.4 Å². The summed E-state index contributed by atoms with van der Waals surface area (Å²) in [5.74, 6) is 0.577. The zero-order valence-corrected chi connectivity index (χ0v) is 19.6. The van der Waals surface area contributed by atoms with Crippen molar-refractivity contribution in [2.75, 3.05) is 38.5 Å². The van der Waals surface area contributed by atoms with Crippen LogP contribution in [0.5, 0.6) is 0 Å². The molecule has 11 heteroatoms. The van der Waals surface area contributed by atoms with Gasteiger partial charge in [-0.2, -0.15) is 0 Å². The number of amides is 1. The van der Waals surface area contributed by atoms with E-state index in [1.165, 1.54) is 0 Å². The summed E-state index contributed by atoms with van der Waals surface area (Å²) in [6, 6.07) is 10.6. The van der Waals surface area contributed by atoms with E-state index in [4.69, 9.17) is 27.9 Å². The second-order valence-corrected chi connectivity index (χ2v) is 10.00. The summed E-state index contributed by atoms with van der Waals surface area (Å²) < 4.78 is 18.0. The molecule has 1 fully saturated rings. The zero-order valence-electron chi connectivity index (χ0n) is 17.3. The minimum Gasteiger partial charge on any atom is -0.611 e. The van der Waals surface area contributed by atoms with Gasteiger partial charge >= 0.3 is 6.09 Å². The van der Waals surface area contributed by atoms with Gasteiger partial charge in [0.05, 0.1) is 5.52 Å². The van der Waals surface area contributed by atoms with E-state index in [1.807, 2.05) is 18.2 Å². The Kier molecular flexibility index (Phi) is 7.75. The predicted molar refractivity (Wildman–Crippen MR) is 124 cm³/mol. The molecule has 1 saturated heterocycles. The molecule has 1 N–H and O–H groups in total. The number of aromatic amines is 1. The maximum atomic E-state index is 12.6. The summed E-state index contributed by atoms with van der Waals surface area (Å²) in [4.78, 5) is 17.1. The van der Waals surface area contributed by atoms with Crippen molar-refractivity contribution < 1.29 is 14.1 Å². The van der Waals surface area contributed by atoms with Crippen molar-refractivity contribution in [1.29, 1.82) is 0 Å². The highest BCUT2D eigenvalue weighted by molar-refractivity contribution is 7.91. The van der Waals surface area contributed by atoms with Gasteiger partial charge in [-0.3, -0.25) is 10.00 Å². The molecule has 1 unspecified atom stereocenters. The Hall–Kier alpha value is -2.04. The van der Waals surface area contributed by atoms with Crippen LogP contribution in [-0.4, -0.2) is 74.3 Å². The van der Waals surface area contributed by atoms with Crippen LogP contribution in [0.1, 0.15) is 12.0 Å². The number of aromatic nitrogens is 3. The molecule has 0 radical (unpaired) electrons. The second kappa shape index (κ2) is 10.7. The molecule has 1 aliphatic rings. The molecule has 2 aromatic carbocycles. The van der Waals surface area contributed by atoms with Gasteiger partial charge in [0.25, 0.3) is 0 Å². The summed E-state index contributed by atoms with van der Waals surface area (Å²) in [6.07, 6.45) is 0.466. The number of H-pyrrole nitrogens is 1. The van der Waals surface area contributed by atoms with E-state index >= 15 is 0 Å². The molecule has 1 aliphatic heterocycles. The summed E-state index contributed by atoms with van der Waals surface area (Å²) in [6.45, 7) is 3.68. The average Bonchev–Trinajstić information content (AvgIpc) is 3.25. The summed E-state index contributed by atoms with van der Waals surface area (Å²) >= 11 is 10.9. The van der Waals surface area contributed by atoms with E-state index in [1.54, 1.807) is 23.1 Å². The highest BCUT2D eigenvalue weighted by Crippen LogP contribution is 2.20. The number of hydrogen-bond donors (Lipinski definition) is 1. The quantitative estimate of drug-likeness (QED) is 0.501. The second-order valence-electron chi connectivity index (χ2n) is 7.55. The minimum atomic E-state index is -1.08. The number of nitrogens with one attached hydrogen (secondary N) is 1. The molecule has 1 atom stereocenters. The van der Waals surface area contributed by atoms with Crippen molar-refractivity contribution in [3.63, 3.8) is 0 Å². The zero-order chi connectivity index (χ0) is 22.5. The fourth-order valence-electron chi connectivity index (χ4n) is 3.58. The smallest absolute Gasteiger partial charge is 0.410 e. The molecule has 2 heterocycles. The molecule has 8 nitrogen and oxygen atoms in total. The lowest BCUT2D eigenvalue weighted by Crippen LogP contribution is -2.49. The lowest BCUT2D eigenvalue weighted by atomic mass is 10.2. The van der Waals surface area contributed by atoms with Crippen LogP contribution in [0.4, 0.5) is 4.79 Å². The van der Waals surface area contributed by atoms with Crippen molar-refractivity contribution in [2.45, 2.75) is 17.9 Å². The lowest BCUT2D eigenvalue weighted by molar-refractivity contribution is 0.0718. The maximum Gasteiger partial charge on any atom is 0.410 e. The first kappa shape index (κ1) is 23.1. The Morgan fingerprint density at radius 3 is 2.62 bits per heavy atom. The van der Waals surface area contributed by atoms with Gasteiger partial charge < -0.3 is 14.2 Å². The number of carbonyl (C=O) groups is 1. The van der Waals surface area contributed by atoms with Crippen molar-refractivity contribution in [1.82, 2.24) is 25.2 Å². The standard InChI is InChI=1S/C21H23Cl2N5O3S/c22-16-10-15(11-17(23)12-16)14-31-21(29)28-7-5-27(6-8-28)4-1-9-32(30)18-2-3-19-20(13-18)25-26-24-19/h2-3,10-13H,1,4-9,14H2,(H,24,25,26). The van der Waals surface area contributed by atoms with Gasteiger partial charge in [-0.05, 0) is 47.1 Å². The van der Waals surface area contributed by atoms with Gasteiger partial charge in [-0.25, -0.2) is 4.79 Å². The third kappa shape index (κ3) is 6.05. The monoisotopic (exact) mass is 495 g/mol. The van der Waals surface area contributed by atoms with Crippen LogP contribution >= 0.6 is 23.2 Å². The van der Waals surface area contributed by atoms with Crippen molar-refractivity contribution >= 4 is 51.5 Å². The highest BCUT2D eigenvalue weighted by Gasteiger charge is 2.22. The van der Waals surface area contributed by atoms with Crippen molar-refractivity contribution in [3.05, 3.63) is 52.0 Å². The Labute approximate surface area is 199 Å². The van der Waals surface area contributed by atoms with E-state index < -0.39 is 11.2 Å². The summed E-state index contributed by atoms with van der Waals surface area (Å²) in [5.41, 5.74) is 2.31. The van der Waals surface area contributed by atoms with Crippen LogP contribution in [0.3, 0.4) is 0 Å². The topological polar surface area (TPSA) is 97.4 Å². The fraction of sp³-hybridized carbons (Fsp3) is 0.381. The van der Waals surface area contributed by atoms with Gasteiger partial charge in [0.15, 0.2) is 4.90 Å². The van der Waals surface area contributed by atoms with E-state index in [0.717, 1.165) is 47.5 Å². The molecule has 0 aliphatic carbocycles. The predicted octanol–water partition coefficient (Wildman–Crippen LogP) is 3.72. The minimum absolute atomic E-state index is 0.130. The number of fused-ring (bicyclic) bond motifs is 1. The van der Waals surface area contributed by atoms with E-state index in [2.05, 4.69) is 20.3 Å². The number of carbonyl (C=O) groups excluding carboxylic acids is 1. The van der Waals surface area contributed by atoms with E-state index in [9.17, 15) is 9.35 Å². The molecule has 4 rings (SSSR count). The number of nitrogens with zero attached hydrogens (tertiary/aromatic N) is 4. The first-order chi connectivity index (χ1) is 15.5. The third-order valence-corrected chi connectivity index (χ3v) is 7.16. The van der Waals surface area contributed by atoms with Gasteiger partial charge in [0.1, 0.15) is 17.9 Å². The average molecular weight is 496 g/mol. The summed E-state index contributed by atoms with van der Waals surface area (Å²) in [5, 5.41) is 11.5. The molecule has 1 aromatic heterocycles. The molecular weight excluding hydrogens is 473 g/mol. The molecule has 0 bridgehead atoms. The molecule has 170 valence electrons. The summed E-state index contributed by atoms with van der Waals surface area (Å²) in [7, 11) is 0. The Morgan fingerprint density at radius 2 is 1.88 bits per heavy atom. The maximum absolute atomic E-state index is 12.6. The van der Waals surface area contributed by atoms with Crippen LogP contribution in [0.2, 0.25) is 10.0 Å². The first-order valence-corrected chi connectivity index (χ1v) is 12.3. The normalized spacial score (nSPS) is 15.8. The number of rotatable bonds is 7. The fourth-order valence-corrected chi connectivity index (χ4v) is 5.25. The SMILES string of the molecule is O=C(OCc1cc(Cl)cc(Cl)c1)N1CCN(CCC[S+]([O-])c2ccc3[nH]nnc3c2)CC1. The van der Waals surface area contributed by atoms with Crippen LogP contribution in [-0.2, 0) is 22.5 Å². The lowest BCUT2D eigenvalue weighted by Gasteiger charge is -2.34. The van der Waals surface area contributed by atoms with Gasteiger partial charge in [0.2, 0.25) is 0 Å². The van der Waals surface area contributed by atoms with E-state index in [-0.39, 0.29) is 12.7 Å². The Morgan fingerprint density at radius 1 is 1.12 bits per heavy atom. The molecule has 0 spiro atoms. The molecule has 3 aromatic rings. The van der Waals surface area contributed by atoms with Crippen LogP contribution in [0, 0.1) is 0 Å². The number of piperazine rings is 1. The largest absolute Gasteiger partial charge is 0.611 e. The van der Waals surface area contributed by atoms with E-state index in [0.29, 0.717) is 28.9 Å². The molecular formula is C21H23Cl2N5O3S. The van der Waals surface area contributed by atoms with Gasteiger partial charge in [0, 0.05) is 55.3 Å². The number of hydrogen-bond acceptors (Lipinski definition) is 6. The molecule has 0 saturated carbocycles. The van der Waals surface area contributed by atoms with Crippen molar-refractivity contribution in [3.8, 4) is 0 Å². The van der Waals surface area contributed by atoms with Crippen LogP contribution in [0.25, 0.3) is 11.0 Å². The highest BCUT2D eigenvalue weighted by atomic mass is 35.5. The Balaban J connectivity index is 1.16.